The summed E-state index contributed by atoms with van der Waals surface area (Å²) in [4.78, 5) is 0. The first-order valence-corrected chi connectivity index (χ1v) is 47.2. The largest absolute Gasteiger partial charge is 0.631 e. The molecule has 0 heterocycles. The van der Waals surface area contributed by atoms with Crippen molar-refractivity contribution in [2.75, 3.05) is 0 Å². The van der Waals surface area contributed by atoms with Crippen LogP contribution in [-0.4, -0.2) is 293 Å². The smallest absolute Gasteiger partial charge is 0.402 e. The SMILES string of the molecule is CC(C)NC(C)C.CC(C)NC(C)C.CC(C)NC(C)C.CC(C)NC(C)C.CC(C)NC(C)C.CC(C)NC(C)C.CC(C)NC(C)C.CC(C)NC(C)C.CC(C)NC(C)C.CC(C)NC(C)C.CC(C)NC(C)C.CC(C)NC(C)C.CC(C)NC(C)C.CC(C)NC(C)C.CC(C)NC(C)C.OB(O)O.OB(O)O.OB(O)O.OB(O)O.OB(O)O. The molecule has 0 aliphatic rings. The standard InChI is InChI=1S/15C6H15N.5BH3O3/c15*1-5(2)7-6(3)4;5*2-1(3)4/h15*5-7H,1-4H3;5*2-4H. The van der Waals surface area contributed by atoms with Crippen LogP contribution in [0.25, 0.3) is 0 Å². The van der Waals surface area contributed by atoms with Gasteiger partial charge in [-0.05, 0) is 0 Å². The van der Waals surface area contributed by atoms with Crippen molar-refractivity contribution in [3.8, 4) is 0 Å². The Morgan fingerprint density at radius 3 is 0.0960 bits per heavy atom. The zero-order valence-corrected chi connectivity index (χ0v) is 94.4. The first-order valence-electron chi connectivity index (χ1n) is 47.2. The van der Waals surface area contributed by atoms with E-state index in [1.165, 1.54) is 0 Å². The highest BCUT2D eigenvalue weighted by Crippen LogP contribution is 1.90. The molecule has 0 aromatic rings. The van der Waals surface area contributed by atoms with Gasteiger partial charge < -0.3 is 155 Å². The molecule has 0 unspecified atom stereocenters. The van der Waals surface area contributed by atoms with Gasteiger partial charge in [-0.2, -0.15) is 0 Å². The lowest BCUT2D eigenvalue weighted by Crippen LogP contribution is -2.29. The Hall–Kier alpha value is -0.875. The average molecular weight is 1830 g/mol. The van der Waals surface area contributed by atoms with E-state index in [9.17, 15) is 0 Å². The van der Waals surface area contributed by atoms with Crippen molar-refractivity contribution >= 4 is 36.6 Å². The van der Waals surface area contributed by atoms with E-state index in [2.05, 4.69) is 495 Å². The average Bonchev–Trinajstić information content (AvgIpc) is 3.41. The highest BCUT2D eigenvalue weighted by atomic mass is 16.5. The van der Waals surface area contributed by atoms with E-state index in [4.69, 9.17) is 75.4 Å². The highest BCUT2D eigenvalue weighted by molar-refractivity contribution is 6.31. The fourth-order valence-corrected chi connectivity index (χ4v) is 10.00. The Bertz CT molecular complexity index is 1200. The Morgan fingerprint density at radius 2 is 0.0960 bits per heavy atom. The maximum absolute atomic E-state index is 7.17. The molecule has 0 aliphatic carbocycles. The molecule has 0 fully saturated rings. The van der Waals surface area contributed by atoms with Crippen LogP contribution in [0.4, 0.5) is 0 Å². The summed E-state index contributed by atoms with van der Waals surface area (Å²) in [6.07, 6.45) is 0. The van der Waals surface area contributed by atoms with E-state index in [1.807, 2.05) is 0 Å². The van der Waals surface area contributed by atoms with Crippen molar-refractivity contribution in [1.82, 2.24) is 79.8 Å². The van der Waals surface area contributed by atoms with Crippen molar-refractivity contribution in [3.63, 3.8) is 0 Å². The van der Waals surface area contributed by atoms with Gasteiger partial charge >= 0.3 is 36.6 Å². The van der Waals surface area contributed by atoms with Gasteiger partial charge in [-0.1, -0.05) is 415 Å². The molecule has 0 radical (unpaired) electrons. The molecular formula is C90H240B5N15O15. The predicted octanol–water partition coefficient (Wildman–Crippen LogP) is 10.6. The van der Waals surface area contributed by atoms with E-state index >= 15 is 0 Å². The Kier molecular flexibility index (Phi) is 180. The van der Waals surface area contributed by atoms with Crippen molar-refractivity contribution in [1.29, 1.82) is 0 Å². The molecule has 0 rings (SSSR count). The molecule has 0 spiro atoms. The predicted molar refractivity (Wildman–Crippen MR) is 563 cm³/mol. The fourth-order valence-electron chi connectivity index (χ4n) is 10.00. The molecule has 35 heteroatoms. The zero-order chi connectivity index (χ0) is 106. The third-order valence-corrected chi connectivity index (χ3v) is 10.00. The summed E-state index contributed by atoms with van der Waals surface area (Å²) in [7, 11) is -10.8. The topological polar surface area (TPSA) is 484 Å². The molecule has 780 valence electrons. The second-order valence-electron chi connectivity index (χ2n) is 38.9. The second-order valence-corrected chi connectivity index (χ2v) is 38.9. The van der Waals surface area contributed by atoms with E-state index < -0.39 is 36.6 Å². The quantitative estimate of drug-likeness (QED) is 0.0297. The number of hydrogen-bond acceptors (Lipinski definition) is 30. The minimum absolute atomic E-state index is 0.625. The number of hydrogen-bond donors (Lipinski definition) is 30. The first-order chi connectivity index (χ1) is 55.5. The van der Waals surface area contributed by atoms with Gasteiger partial charge in [-0.25, -0.2) is 0 Å². The van der Waals surface area contributed by atoms with Crippen molar-refractivity contribution < 1.29 is 75.4 Å². The Balaban J connectivity index is -0.0000000517. The Morgan fingerprint density at radius 1 is 0.0800 bits per heavy atom. The van der Waals surface area contributed by atoms with Crippen LogP contribution in [0.3, 0.4) is 0 Å². The van der Waals surface area contributed by atoms with Crippen LogP contribution in [0.1, 0.15) is 415 Å². The first kappa shape index (κ1) is 174. The van der Waals surface area contributed by atoms with E-state index in [0.29, 0.717) is 181 Å². The summed E-state index contributed by atoms with van der Waals surface area (Å²) < 4.78 is 0. The molecule has 0 aromatic heterocycles. The summed E-state index contributed by atoms with van der Waals surface area (Å²) in [5.74, 6) is 0. The lowest BCUT2D eigenvalue weighted by molar-refractivity contribution is 0.276. The second kappa shape index (κ2) is 129. The van der Waals surface area contributed by atoms with Gasteiger partial charge in [0.1, 0.15) is 0 Å². The van der Waals surface area contributed by atoms with Crippen LogP contribution in [0.5, 0.6) is 0 Å². The molecule has 0 atom stereocenters. The normalized spacial score (nSPS) is 10.4. The summed E-state index contributed by atoms with van der Waals surface area (Å²) in [6, 6.07) is 18.8. The third kappa shape index (κ3) is 517. The number of rotatable bonds is 30. The van der Waals surface area contributed by atoms with E-state index in [0.717, 1.165) is 0 Å². The van der Waals surface area contributed by atoms with Crippen LogP contribution in [0, 0.1) is 0 Å². The molecule has 30 nitrogen and oxygen atoms in total. The lowest BCUT2D eigenvalue weighted by atomic mass is 10.3. The minimum atomic E-state index is -2.17. The van der Waals surface area contributed by atoms with Crippen molar-refractivity contribution in [3.05, 3.63) is 0 Å². The van der Waals surface area contributed by atoms with Gasteiger partial charge in [-0.3, -0.25) is 0 Å². The molecule has 0 saturated carbocycles. The molecule has 125 heavy (non-hydrogen) atoms. The Labute approximate surface area is 784 Å². The lowest BCUT2D eigenvalue weighted by Gasteiger charge is -2.10. The monoisotopic (exact) mass is 1830 g/mol. The maximum atomic E-state index is 7.17. The van der Waals surface area contributed by atoms with Crippen LogP contribution in [-0.2, 0) is 0 Å². The van der Waals surface area contributed by atoms with Crippen molar-refractivity contribution in [2.45, 2.75) is 597 Å². The van der Waals surface area contributed by atoms with Crippen LogP contribution >= 0.6 is 0 Å². The molecule has 0 bridgehead atoms. The minimum Gasteiger partial charge on any atom is -0.402 e. The summed E-state index contributed by atoms with van der Waals surface area (Å²) in [6.45, 7) is 129. The van der Waals surface area contributed by atoms with Gasteiger partial charge in [-0.15, -0.1) is 0 Å². The summed E-state index contributed by atoms with van der Waals surface area (Å²) in [5, 5.41) is 157. The van der Waals surface area contributed by atoms with Crippen LogP contribution in [0.15, 0.2) is 0 Å². The van der Waals surface area contributed by atoms with Gasteiger partial charge in [0.2, 0.25) is 0 Å². The van der Waals surface area contributed by atoms with E-state index in [1.54, 1.807) is 0 Å². The van der Waals surface area contributed by atoms with Crippen LogP contribution < -0.4 is 79.8 Å². The van der Waals surface area contributed by atoms with Gasteiger partial charge in [0.05, 0.1) is 0 Å². The van der Waals surface area contributed by atoms with Gasteiger partial charge in [0, 0.05) is 181 Å². The summed E-state index contributed by atoms with van der Waals surface area (Å²) in [5.41, 5.74) is 0. The summed E-state index contributed by atoms with van der Waals surface area (Å²) >= 11 is 0. The highest BCUT2D eigenvalue weighted by Gasteiger charge is 2.03. The molecule has 30 N–H and O–H groups in total. The molecular weight excluding hydrogens is 1590 g/mol. The number of nitrogens with one attached hydrogen (secondary N) is 15. The molecule has 0 aromatic carbocycles. The molecule has 0 aliphatic heterocycles. The van der Waals surface area contributed by atoms with Gasteiger partial charge in [0.25, 0.3) is 0 Å². The molecule has 0 saturated heterocycles. The fraction of sp³-hybridized carbons (Fsp3) is 1.00. The zero-order valence-electron chi connectivity index (χ0n) is 94.4. The van der Waals surface area contributed by atoms with Crippen LogP contribution in [0.2, 0.25) is 0 Å². The van der Waals surface area contributed by atoms with Crippen molar-refractivity contribution in [2.24, 2.45) is 0 Å². The van der Waals surface area contributed by atoms with E-state index in [-0.39, 0.29) is 0 Å². The third-order valence-electron chi connectivity index (χ3n) is 10.00. The maximum Gasteiger partial charge on any atom is 0.631 e. The molecule has 0 amide bonds. The van der Waals surface area contributed by atoms with Gasteiger partial charge in [0.15, 0.2) is 0 Å².